The van der Waals surface area contributed by atoms with Gasteiger partial charge in [-0.05, 0) is 17.0 Å². The van der Waals surface area contributed by atoms with Gasteiger partial charge in [0.25, 0.3) is 0 Å². The van der Waals surface area contributed by atoms with Gasteiger partial charge in [0.1, 0.15) is 6.04 Å². The van der Waals surface area contributed by atoms with Crippen LogP contribution in [0.3, 0.4) is 0 Å². The Morgan fingerprint density at radius 1 is 0.750 bits per heavy atom. The second-order valence-corrected chi connectivity index (χ2v) is 13.5. The highest BCUT2D eigenvalue weighted by molar-refractivity contribution is 7.52. The first kappa shape index (κ1) is 40.0. The number of aliphatic carboxylic acids is 1. The van der Waals surface area contributed by atoms with Crippen molar-refractivity contribution in [1.82, 2.24) is 4.90 Å². The van der Waals surface area contributed by atoms with E-state index in [4.69, 9.17) is 33.7 Å². The fourth-order valence-corrected chi connectivity index (χ4v) is 5.82. The summed E-state index contributed by atoms with van der Waals surface area (Å²) in [4.78, 5) is 38.3. The molecular formula is C33H48N3O11P. The Kier molecular flexibility index (Phi) is 16.4. The fraction of sp³-hybridized carbons (Fsp3) is 0.515. The second kappa shape index (κ2) is 19.6. The molecule has 2 aromatic rings. The summed E-state index contributed by atoms with van der Waals surface area (Å²) in [5, 5.41) is 9.76. The maximum atomic E-state index is 14.3. The first-order chi connectivity index (χ1) is 22.6. The van der Waals surface area contributed by atoms with Gasteiger partial charge in [0.2, 0.25) is 18.5 Å². The summed E-state index contributed by atoms with van der Waals surface area (Å²) < 4.78 is 50.8. The van der Waals surface area contributed by atoms with E-state index in [0.717, 1.165) is 16.0 Å². The first-order valence-corrected chi connectivity index (χ1v) is 17.1. The van der Waals surface area contributed by atoms with E-state index in [2.05, 4.69) is 4.76 Å². The van der Waals surface area contributed by atoms with Crippen LogP contribution in [0.1, 0.15) is 52.7 Å². The molecular weight excluding hydrogens is 645 g/mol. The minimum atomic E-state index is -4.85. The van der Waals surface area contributed by atoms with E-state index in [-0.39, 0.29) is 13.2 Å². The van der Waals surface area contributed by atoms with Crippen LogP contribution >= 0.6 is 7.75 Å². The summed E-state index contributed by atoms with van der Waals surface area (Å²) in [6.45, 7) is 9.78. The van der Waals surface area contributed by atoms with Crippen LogP contribution in [0.15, 0.2) is 65.4 Å². The molecule has 0 fully saturated rings. The number of nitrogens with zero attached hydrogens (tertiary/aromatic N) is 2. The molecule has 48 heavy (non-hydrogen) atoms. The molecule has 0 aliphatic carbocycles. The van der Waals surface area contributed by atoms with Crippen LogP contribution in [0.5, 0.6) is 0 Å². The van der Waals surface area contributed by atoms with E-state index in [1.165, 1.54) is 7.05 Å². The quantitative estimate of drug-likeness (QED) is 0.0588. The average molecular weight is 694 g/mol. The topological polar surface area (TPSA) is 186 Å². The Morgan fingerprint density at radius 2 is 1.15 bits per heavy atom. The van der Waals surface area contributed by atoms with Crippen molar-refractivity contribution in [3.8, 4) is 0 Å². The van der Waals surface area contributed by atoms with Gasteiger partial charge in [-0.25, -0.2) is 28.0 Å². The van der Waals surface area contributed by atoms with Crippen molar-refractivity contribution in [3.05, 3.63) is 71.8 Å². The van der Waals surface area contributed by atoms with Crippen molar-refractivity contribution < 1.29 is 52.1 Å². The minimum absolute atomic E-state index is 0.000849. The van der Waals surface area contributed by atoms with Gasteiger partial charge < -0.3 is 34.7 Å². The normalized spacial score (nSPS) is 14.9. The number of likely N-dealkylation sites (N-methyl/N-ethyl adjacent to an activating group) is 1. The maximum absolute atomic E-state index is 14.3. The largest absolute Gasteiger partial charge is 0.510 e. The van der Waals surface area contributed by atoms with Gasteiger partial charge in [0.15, 0.2) is 0 Å². The summed E-state index contributed by atoms with van der Waals surface area (Å²) in [5.74, 6) is -3.37. The van der Waals surface area contributed by atoms with Crippen LogP contribution in [0, 0.1) is 17.8 Å². The van der Waals surface area contributed by atoms with E-state index in [0.29, 0.717) is 12.8 Å². The molecule has 14 nitrogen and oxygen atoms in total. The van der Waals surface area contributed by atoms with Crippen molar-refractivity contribution in [2.24, 2.45) is 28.3 Å². The SMILES string of the molecule is CC(C)C(OC(=O)OCCc1ccccc1)OP(=O)(N=C(N)N(C)C(C(=O)O)C(C)C)OC(OC(=O)OCCc1ccccc1)C(C)C. The number of hydrogen-bond donors (Lipinski definition) is 2. The predicted molar refractivity (Wildman–Crippen MR) is 178 cm³/mol. The molecule has 266 valence electrons. The van der Waals surface area contributed by atoms with Gasteiger partial charge in [-0.1, -0.05) is 102 Å². The van der Waals surface area contributed by atoms with E-state index < -0.39 is 68.4 Å². The summed E-state index contributed by atoms with van der Waals surface area (Å²) >= 11 is 0. The number of nitrogens with two attached hydrogens (primary N) is 1. The molecule has 3 atom stereocenters. The van der Waals surface area contributed by atoms with Gasteiger partial charge in [-0.2, -0.15) is 0 Å². The standard InChI is InChI=1S/C33H48N3O11P/c1-22(2)27(28(37)38)36(7)31(34)35-48(41,46-29(23(3)4)44-32(39)42-20-18-25-14-10-8-11-15-25)47-30(24(5)6)45-33(40)43-21-19-26-16-12-9-13-17-26/h8-17,22-24,27,29-30H,18-21H2,1-7H3,(H,37,38)(H2,34,35,41). The molecule has 2 rings (SSSR count). The molecule has 0 aromatic heterocycles. The van der Waals surface area contributed by atoms with Gasteiger partial charge in [-0.15, -0.1) is 4.76 Å². The number of ether oxygens (including phenoxy) is 4. The summed E-state index contributed by atoms with van der Waals surface area (Å²) in [6, 6.07) is 17.5. The summed E-state index contributed by atoms with van der Waals surface area (Å²) in [7, 11) is -3.50. The second-order valence-electron chi connectivity index (χ2n) is 11.9. The third-order valence-corrected chi connectivity index (χ3v) is 8.18. The molecule has 15 heteroatoms. The summed E-state index contributed by atoms with van der Waals surface area (Å²) in [6.07, 6.45) is -4.43. The monoisotopic (exact) mass is 693 g/mol. The van der Waals surface area contributed by atoms with Gasteiger partial charge >= 0.3 is 26.0 Å². The lowest BCUT2D eigenvalue weighted by molar-refractivity contribution is -0.143. The Morgan fingerprint density at radius 3 is 1.48 bits per heavy atom. The van der Waals surface area contributed by atoms with Crippen LogP contribution < -0.4 is 5.73 Å². The van der Waals surface area contributed by atoms with Gasteiger partial charge in [0.05, 0.1) is 13.2 Å². The number of benzene rings is 2. The van der Waals surface area contributed by atoms with E-state index in [1.807, 2.05) is 60.7 Å². The lowest BCUT2D eigenvalue weighted by atomic mass is 10.0. The average Bonchev–Trinajstić information content (AvgIpc) is 3.01. The Bertz CT molecular complexity index is 1300. The van der Waals surface area contributed by atoms with Crippen molar-refractivity contribution in [1.29, 1.82) is 0 Å². The van der Waals surface area contributed by atoms with Crippen molar-refractivity contribution in [2.75, 3.05) is 20.3 Å². The molecule has 0 radical (unpaired) electrons. The van der Waals surface area contributed by atoms with Crippen LogP contribution in [0.2, 0.25) is 0 Å². The van der Waals surface area contributed by atoms with E-state index >= 15 is 0 Å². The molecule has 3 unspecified atom stereocenters. The third kappa shape index (κ3) is 13.9. The maximum Gasteiger partial charge on any atom is 0.510 e. The molecule has 0 amide bonds. The molecule has 0 aliphatic rings. The van der Waals surface area contributed by atoms with Crippen LogP contribution in [-0.4, -0.2) is 73.1 Å². The zero-order valence-electron chi connectivity index (χ0n) is 28.5. The van der Waals surface area contributed by atoms with Crippen molar-refractivity contribution in [3.63, 3.8) is 0 Å². The Balaban J connectivity index is 2.28. The molecule has 0 bridgehead atoms. The molecule has 3 N–H and O–H groups in total. The Hall–Kier alpha value is -4.13. The van der Waals surface area contributed by atoms with Crippen LogP contribution in [0.25, 0.3) is 0 Å². The zero-order chi connectivity index (χ0) is 35.9. The zero-order valence-corrected chi connectivity index (χ0v) is 29.4. The number of carbonyl (C=O) groups excluding carboxylic acids is 2. The Labute approximate surface area is 282 Å². The number of carbonyl (C=O) groups is 3. The van der Waals surface area contributed by atoms with E-state index in [9.17, 15) is 24.1 Å². The lowest BCUT2D eigenvalue weighted by Crippen LogP contribution is -2.48. The number of guanidine groups is 1. The number of hydrogen-bond acceptors (Lipinski definition) is 10. The number of carboxylic acids is 1. The van der Waals surface area contributed by atoms with Crippen molar-refractivity contribution in [2.45, 2.75) is 73.0 Å². The predicted octanol–water partition coefficient (Wildman–Crippen LogP) is 6.24. The molecule has 0 saturated heterocycles. The first-order valence-electron chi connectivity index (χ1n) is 15.6. The third-order valence-electron chi connectivity index (χ3n) is 6.78. The molecule has 0 aliphatic heterocycles. The molecule has 0 heterocycles. The van der Waals surface area contributed by atoms with E-state index in [1.54, 1.807) is 41.5 Å². The van der Waals surface area contributed by atoms with Crippen molar-refractivity contribution >= 4 is 32.0 Å². The van der Waals surface area contributed by atoms with Gasteiger partial charge in [-0.3, -0.25) is 0 Å². The van der Waals surface area contributed by atoms with Gasteiger partial charge in [0, 0.05) is 31.7 Å². The molecule has 0 saturated carbocycles. The molecule has 0 spiro atoms. The molecule has 2 aromatic carbocycles. The van der Waals surface area contributed by atoms with Crippen LogP contribution in [0.4, 0.5) is 9.59 Å². The highest BCUT2D eigenvalue weighted by Gasteiger charge is 2.40. The highest BCUT2D eigenvalue weighted by atomic mass is 31.2. The smallest absolute Gasteiger partial charge is 0.480 e. The fourth-order valence-electron chi connectivity index (χ4n) is 4.18. The highest BCUT2D eigenvalue weighted by Crippen LogP contribution is 2.54. The number of rotatable bonds is 18. The summed E-state index contributed by atoms with van der Waals surface area (Å²) in [5.41, 5.74) is 8.02. The lowest BCUT2D eigenvalue weighted by Gasteiger charge is -2.31. The van der Waals surface area contributed by atoms with Crippen LogP contribution in [-0.2, 0) is 50.2 Å². The number of carboxylic acid groups (broad SMARTS) is 1. The minimum Gasteiger partial charge on any atom is -0.480 e.